The Labute approximate surface area is 114 Å². The van der Waals surface area contributed by atoms with Gasteiger partial charge in [-0.2, -0.15) is 0 Å². The normalized spacial score (nSPS) is 12.1. The van der Waals surface area contributed by atoms with Crippen LogP contribution in [0, 0.1) is 6.92 Å². The molecule has 108 valence electrons. The second-order valence-electron chi connectivity index (χ2n) is 4.61. The molecule has 1 unspecified atom stereocenters. The maximum Gasteiger partial charge on any atom is 0.142 e. The van der Waals surface area contributed by atoms with E-state index >= 15 is 0 Å². The molecule has 1 aromatic rings. The molecule has 0 aliphatic heterocycles. The van der Waals surface area contributed by atoms with Gasteiger partial charge in [0, 0.05) is 19.7 Å². The van der Waals surface area contributed by atoms with Gasteiger partial charge in [-0.3, -0.25) is 0 Å². The third-order valence-corrected chi connectivity index (χ3v) is 3.09. The van der Waals surface area contributed by atoms with Gasteiger partial charge in [-0.05, 0) is 31.5 Å². The van der Waals surface area contributed by atoms with Crippen LogP contribution in [0.15, 0.2) is 12.1 Å². The first-order valence-electron chi connectivity index (χ1n) is 6.35. The lowest BCUT2D eigenvalue weighted by atomic mass is 10.1. The monoisotopic (exact) mass is 268 g/mol. The molecule has 0 bridgehead atoms. The molecule has 1 aromatic carbocycles. The number of ether oxygens (including phenoxy) is 2. The van der Waals surface area contributed by atoms with Crippen LogP contribution >= 0.6 is 0 Å². The van der Waals surface area contributed by atoms with Crippen LogP contribution in [0.2, 0.25) is 0 Å². The van der Waals surface area contributed by atoms with Crippen molar-refractivity contribution >= 4 is 5.69 Å². The van der Waals surface area contributed by atoms with E-state index in [1.165, 1.54) is 0 Å². The van der Waals surface area contributed by atoms with Crippen molar-refractivity contribution < 1.29 is 14.6 Å². The summed E-state index contributed by atoms with van der Waals surface area (Å²) in [6, 6.07) is 3.85. The predicted molar refractivity (Wildman–Crippen MR) is 77.2 cm³/mol. The third kappa shape index (κ3) is 4.01. The smallest absolute Gasteiger partial charge is 0.142 e. The van der Waals surface area contributed by atoms with Crippen LogP contribution in [0.4, 0.5) is 5.69 Å². The van der Waals surface area contributed by atoms with E-state index < -0.39 is 6.10 Å². The molecule has 0 aliphatic rings. The molecule has 0 saturated heterocycles. The Morgan fingerprint density at radius 1 is 1.26 bits per heavy atom. The fourth-order valence-electron chi connectivity index (χ4n) is 2.03. The van der Waals surface area contributed by atoms with Gasteiger partial charge in [0.15, 0.2) is 0 Å². The van der Waals surface area contributed by atoms with E-state index in [-0.39, 0.29) is 0 Å². The highest BCUT2D eigenvalue weighted by atomic mass is 16.5. The Hall–Kier alpha value is -1.46. The second kappa shape index (κ2) is 7.21. The van der Waals surface area contributed by atoms with Crippen LogP contribution in [-0.4, -0.2) is 45.6 Å². The molecule has 19 heavy (non-hydrogen) atoms. The largest absolute Gasteiger partial charge is 0.496 e. The van der Waals surface area contributed by atoms with Crippen molar-refractivity contribution in [1.82, 2.24) is 0 Å². The van der Waals surface area contributed by atoms with Gasteiger partial charge in [0.2, 0.25) is 0 Å². The fraction of sp³-hybridized carbons (Fsp3) is 0.571. The Morgan fingerprint density at radius 2 is 1.89 bits per heavy atom. The molecule has 0 spiro atoms. The van der Waals surface area contributed by atoms with Crippen molar-refractivity contribution in [3.05, 3.63) is 17.7 Å². The molecule has 0 saturated carbocycles. The van der Waals surface area contributed by atoms with Gasteiger partial charge in [-0.15, -0.1) is 0 Å². The molecule has 0 heterocycles. The van der Waals surface area contributed by atoms with Gasteiger partial charge in [-0.1, -0.05) is 0 Å². The Bertz CT molecular complexity index is 410. The summed E-state index contributed by atoms with van der Waals surface area (Å²) in [6.45, 7) is 2.94. The summed E-state index contributed by atoms with van der Waals surface area (Å²) < 4.78 is 10.7. The highest BCUT2D eigenvalue weighted by molar-refractivity contribution is 5.63. The maximum absolute atomic E-state index is 9.83. The molecule has 1 rings (SSSR count). The van der Waals surface area contributed by atoms with E-state index in [1.807, 2.05) is 31.0 Å². The molecular weight excluding hydrogens is 244 g/mol. The minimum atomic E-state index is -0.452. The molecule has 0 radical (unpaired) electrons. The summed E-state index contributed by atoms with van der Waals surface area (Å²) in [6.07, 6.45) is 0.127. The van der Waals surface area contributed by atoms with E-state index in [0.29, 0.717) is 19.5 Å². The Kier molecular flexibility index (Phi) is 5.92. The first-order valence-corrected chi connectivity index (χ1v) is 6.35. The SMILES string of the molecule is COc1cc(N(C)CC(O)CCN)c(OC)cc1C. The van der Waals surface area contributed by atoms with E-state index in [2.05, 4.69) is 0 Å². The molecule has 0 amide bonds. The number of anilines is 1. The minimum absolute atomic E-state index is 0.452. The average molecular weight is 268 g/mol. The van der Waals surface area contributed by atoms with E-state index in [4.69, 9.17) is 15.2 Å². The first kappa shape index (κ1) is 15.6. The van der Waals surface area contributed by atoms with Crippen LogP contribution in [-0.2, 0) is 0 Å². The number of aryl methyl sites for hydroxylation is 1. The fourth-order valence-corrected chi connectivity index (χ4v) is 2.03. The maximum atomic E-state index is 9.83. The Balaban J connectivity index is 2.96. The number of rotatable bonds is 7. The van der Waals surface area contributed by atoms with Crippen LogP contribution in [0.25, 0.3) is 0 Å². The lowest BCUT2D eigenvalue weighted by Gasteiger charge is -2.25. The number of aliphatic hydroxyl groups excluding tert-OH is 1. The summed E-state index contributed by atoms with van der Waals surface area (Å²) in [5.74, 6) is 1.57. The molecule has 0 aliphatic carbocycles. The zero-order chi connectivity index (χ0) is 14.4. The average Bonchev–Trinajstić information content (AvgIpc) is 2.38. The topological polar surface area (TPSA) is 68.0 Å². The molecule has 0 aromatic heterocycles. The van der Waals surface area contributed by atoms with Gasteiger partial charge in [-0.25, -0.2) is 0 Å². The van der Waals surface area contributed by atoms with Gasteiger partial charge in [0.1, 0.15) is 11.5 Å². The standard InChI is InChI=1S/C14H24N2O3/c1-10-7-14(19-4)12(8-13(10)18-3)16(2)9-11(17)5-6-15/h7-8,11,17H,5-6,9,15H2,1-4H3. The van der Waals surface area contributed by atoms with E-state index in [1.54, 1.807) is 14.2 Å². The van der Waals surface area contributed by atoms with Crippen molar-refractivity contribution in [2.45, 2.75) is 19.4 Å². The predicted octanol–water partition coefficient (Wildman–Crippen LogP) is 1.16. The van der Waals surface area contributed by atoms with Gasteiger partial charge in [0.25, 0.3) is 0 Å². The van der Waals surface area contributed by atoms with Crippen molar-refractivity contribution in [2.24, 2.45) is 5.73 Å². The number of nitrogens with two attached hydrogens (primary N) is 1. The van der Waals surface area contributed by atoms with Crippen molar-refractivity contribution in [3.8, 4) is 11.5 Å². The van der Waals surface area contributed by atoms with Crippen LogP contribution in [0.5, 0.6) is 11.5 Å². The number of likely N-dealkylation sites (N-methyl/N-ethyl adjacent to an activating group) is 1. The summed E-state index contributed by atoms with van der Waals surface area (Å²) in [5, 5.41) is 9.83. The van der Waals surface area contributed by atoms with Crippen molar-refractivity contribution in [2.75, 3.05) is 39.3 Å². The Morgan fingerprint density at radius 3 is 2.42 bits per heavy atom. The number of hydrogen-bond donors (Lipinski definition) is 2. The summed E-state index contributed by atoms with van der Waals surface area (Å²) in [4.78, 5) is 1.95. The van der Waals surface area contributed by atoms with Crippen LogP contribution < -0.4 is 20.1 Å². The summed E-state index contributed by atoms with van der Waals surface area (Å²) in [7, 11) is 5.18. The highest BCUT2D eigenvalue weighted by Gasteiger charge is 2.15. The number of benzene rings is 1. The molecule has 3 N–H and O–H groups in total. The van der Waals surface area contributed by atoms with E-state index in [0.717, 1.165) is 22.7 Å². The zero-order valence-electron chi connectivity index (χ0n) is 12.1. The van der Waals surface area contributed by atoms with Crippen LogP contribution in [0.3, 0.4) is 0 Å². The lowest BCUT2D eigenvalue weighted by molar-refractivity contribution is 0.174. The number of methoxy groups -OCH3 is 2. The summed E-state index contributed by atoms with van der Waals surface area (Å²) >= 11 is 0. The second-order valence-corrected chi connectivity index (χ2v) is 4.61. The molecule has 5 heteroatoms. The number of aliphatic hydroxyl groups is 1. The molecular formula is C14H24N2O3. The number of hydrogen-bond acceptors (Lipinski definition) is 5. The zero-order valence-corrected chi connectivity index (χ0v) is 12.1. The molecule has 0 fully saturated rings. The molecule has 5 nitrogen and oxygen atoms in total. The van der Waals surface area contributed by atoms with E-state index in [9.17, 15) is 5.11 Å². The number of nitrogens with zero attached hydrogens (tertiary/aromatic N) is 1. The minimum Gasteiger partial charge on any atom is -0.496 e. The lowest BCUT2D eigenvalue weighted by Crippen LogP contribution is -2.30. The summed E-state index contributed by atoms with van der Waals surface area (Å²) in [5.41, 5.74) is 7.35. The van der Waals surface area contributed by atoms with Crippen molar-refractivity contribution in [1.29, 1.82) is 0 Å². The third-order valence-electron chi connectivity index (χ3n) is 3.09. The van der Waals surface area contributed by atoms with Crippen LogP contribution in [0.1, 0.15) is 12.0 Å². The quantitative estimate of drug-likeness (QED) is 0.776. The van der Waals surface area contributed by atoms with Gasteiger partial charge in [0.05, 0.1) is 26.0 Å². The van der Waals surface area contributed by atoms with Gasteiger partial charge < -0.3 is 25.2 Å². The van der Waals surface area contributed by atoms with Gasteiger partial charge >= 0.3 is 0 Å². The van der Waals surface area contributed by atoms with Crippen molar-refractivity contribution in [3.63, 3.8) is 0 Å². The molecule has 1 atom stereocenters. The first-order chi connectivity index (χ1) is 9.03. The highest BCUT2D eigenvalue weighted by Crippen LogP contribution is 2.34.